The summed E-state index contributed by atoms with van der Waals surface area (Å²) in [5, 5.41) is 0. The Morgan fingerprint density at radius 2 is 1.04 bits per heavy atom. The molecule has 0 aromatic carbocycles. The van der Waals surface area contributed by atoms with Crippen LogP contribution in [0.5, 0.6) is 0 Å². The Hall–Kier alpha value is -0.660. The Labute approximate surface area is 165 Å². The van der Waals surface area contributed by atoms with E-state index in [2.05, 4.69) is 43.1 Å². The maximum Gasteiger partial charge on any atom is 0.100 e. The number of rotatable bonds is 18. The van der Waals surface area contributed by atoms with Gasteiger partial charge in [-0.2, -0.15) is 0 Å². The van der Waals surface area contributed by atoms with Crippen LogP contribution in [0, 0.1) is 0 Å². The van der Waals surface area contributed by atoms with Crippen LogP contribution in [-0.4, -0.2) is 29.6 Å². The van der Waals surface area contributed by atoms with Gasteiger partial charge in [-0.1, -0.05) is 104 Å². The summed E-state index contributed by atoms with van der Waals surface area (Å²) in [6, 6.07) is 0. The van der Waals surface area contributed by atoms with E-state index in [0.29, 0.717) is 6.17 Å². The van der Waals surface area contributed by atoms with Gasteiger partial charge in [0.15, 0.2) is 0 Å². The minimum atomic E-state index is 0.625. The molecule has 154 valence electrons. The summed E-state index contributed by atoms with van der Waals surface area (Å²) >= 11 is 0. The van der Waals surface area contributed by atoms with Crippen molar-refractivity contribution < 1.29 is 0 Å². The van der Waals surface area contributed by atoms with Gasteiger partial charge in [0.1, 0.15) is 6.17 Å². The zero-order valence-electron chi connectivity index (χ0n) is 18.4. The second-order valence-corrected chi connectivity index (χ2v) is 8.42. The third-order valence-electron chi connectivity index (χ3n) is 5.93. The number of hydrogen-bond donors (Lipinski definition) is 0. The van der Waals surface area contributed by atoms with Crippen LogP contribution in [0.1, 0.15) is 123 Å². The summed E-state index contributed by atoms with van der Waals surface area (Å²) in [7, 11) is 2.25. The molecule has 0 N–H and O–H groups in total. The molecule has 0 saturated heterocycles. The van der Waals surface area contributed by atoms with Crippen LogP contribution in [0.4, 0.5) is 0 Å². The Balaban J connectivity index is 2.01. The first-order chi connectivity index (χ1) is 12.8. The first-order valence-electron chi connectivity index (χ1n) is 12.0. The lowest BCUT2D eigenvalue weighted by Crippen LogP contribution is -2.37. The third kappa shape index (κ3) is 11.1. The molecule has 0 radical (unpaired) electrons. The molecule has 0 saturated carbocycles. The van der Waals surface area contributed by atoms with Crippen molar-refractivity contribution in [2.75, 3.05) is 13.6 Å². The average Bonchev–Trinajstić information content (AvgIpc) is 2.99. The Kier molecular flexibility index (Phi) is 14.8. The fourth-order valence-electron chi connectivity index (χ4n) is 4.11. The molecule has 26 heavy (non-hydrogen) atoms. The smallest absolute Gasteiger partial charge is 0.100 e. The van der Waals surface area contributed by atoms with Crippen molar-refractivity contribution in [2.45, 2.75) is 129 Å². The van der Waals surface area contributed by atoms with Gasteiger partial charge in [-0.25, -0.2) is 0 Å². The van der Waals surface area contributed by atoms with Crippen LogP contribution in [0.3, 0.4) is 0 Å². The number of unbranched alkanes of at least 4 members (excludes halogenated alkanes) is 14. The molecule has 1 aliphatic rings. The van der Waals surface area contributed by atoms with Crippen molar-refractivity contribution in [1.82, 2.24) is 9.80 Å². The Bertz CT molecular complexity index is 326. The van der Waals surface area contributed by atoms with Gasteiger partial charge in [0.05, 0.1) is 0 Å². The standard InChI is InChI=1S/C24H48N2/c1-4-6-8-10-12-13-15-17-19-21-26-23-22-25(3)24(26)20-18-16-14-11-9-7-5-2/h22-24H,4-21H2,1-3H3. The number of hydrogen-bond acceptors (Lipinski definition) is 2. The largest absolute Gasteiger partial charge is 0.359 e. The van der Waals surface area contributed by atoms with Crippen LogP contribution in [0.2, 0.25) is 0 Å². The molecule has 2 nitrogen and oxygen atoms in total. The predicted molar refractivity (Wildman–Crippen MR) is 117 cm³/mol. The van der Waals surface area contributed by atoms with Gasteiger partial charge >= 0.3 is 0 Å². The van der Waals surface area contributed by atoms with Crippen molar-refractivity contribution in [3.8, 4) is 0 Å². The van der Waals surface area contributed by atoms with E-state index in [1.807, 2.05) is 0 Å². The fourth-order valence-corrected chi connectivity index (χ4v) is 4.11. The second-order valence-electron chi connectivity index (χ2n) is 8.42. The Morgan fingerprint density at radius 1 is 0.577 bits per heavy atom. The number of nitrogens with zero attached hydrogens (tertiary/aromatic N) is 2. The minimum absolute atomic E-state index is 0.625. The van der Waals surface area contributed by atoms with Crippen molar-refractivity contribution in [2.24, 2.45) is 0 Å². The third-order valence-corrected chi connectivity index (χ3v) is 5.93. The molecule has 0 fully saturated rings. The molecule has 0 aromatic heterocycles. The molecule has 1 atom stereocenters. The van der Waals surface area contributed by atoms with Gasteiger partial charge in [0, 0.05) is 26.0 Å². The molecule has 1 heterocycles. The van der Waals surface area contributed by atoms with Crippen molar-refractivity contribution >= 4 is 0 Å². The van der Waals surface area contributed by atoms with Crippen LogP contribution >= 0.6 is 0 Å². The molecule has 2 heteroatoms. The van der Waals surface area contributed by atoms with E-state index in [1.54, 1.807) is 0 Å². The zero-order valence-corrected chi connectivity index (χ0v) is 18.4. The highest BCUT2D eigenvalue weighted by Gasteiger charge is 2.22. The topological polar surface area (TPSA) is 6.48 Å². The molecule has 1 rings (SSSR count). The van der Waals surface area contributed by atoms with Crippen LogP contribution in [0.25, 0.3) is 0 Å². The maximum atomic E-state index is 2.60. The summed E-state index contributed by atoms with van der Waals surface area (Å²) in [5.74, 6) is 0. The highest BCUT2D eigenvalue weighted by molar-refractivity contribution is 4.95. The summed E-state index contributed by atoms with van der Waals surface area (Å²) in [5.41, 5.74) is 0. The fraction of sp³-hybridized carbons (Fsp3) is 0.917. The zero-order chi connectivity index (χ0) is 18.9. The van der Waals surface area contributed by atoms with Gasteiger partial charge in [-0.05, 0) is 19.3 Å². The second kappa shape index (κ2) is 16.5. The van der Waals surface area contributed by atoms with E-state index in [-0.39, 0.29) is 0 Å². The molecule has 0 aromatic rings. The molecule has 1 unspecified atom stereocenters. The maximum absolute atomic E-state index is 2.60. The lowest BCUT2D eigenvalue weighted by molar-refractivity contribution is 0.159. The van der Waals surface area contributed by atoms with Crippen molar-refractivity contribution in [3.63, 3.8) is 0 Å². The first-order valence-corrected chi connectivity index (χ1v) is 12.0. The van der Waals surface area contributed by atoms with Gasteiger partial charge in [0.25, 0.3) is 0 Å². The Morgan fingerprint density at radius 3 is 1.58 bits per heavy atom. The van der Waals surface area contributed by atoms with E-state index >= 15 is 0 Å². The van der Waals surface area contributed by atoms with E-state index < -0.39 is 0 Å². The quantitative estimate of drug-likeness (QED) is 0.230. The summed E-state index contributed by atoms with van der Waals surface area (Å²) < 4.78 is 0. The molecule has 1 aliphatic heterocycles. The minimum Gasteiger partial charge on any atom is -0.359 e. The highest BCUT2D eigenvalue weighted by Crippen LogP contribution is 2.21. The average molecular weight is 365 g/mol. The van der Waals surface area contributed by atoms with Crippen molar-refractivity contribution in [1.29, 1.82) is 0 Å². The van der Waals surface area contributed by atoms with Gasteiger partial charge in [-0.3, -0.25) is 0 Å². The molecule has 0 aliphatic carbocycles. The molecular formula is C24H48N2. The highest BCUT2D eigenvalue weighted by atomic mass is 15.4. The van der Waals surface area contributed by atoms with Crippen molar-refractivity contribution in [3.05, 3.63) is 12.4 Å². The predicted octanol–water partition coefficient (Wildman–Crippen LogP) is 7.70. The monoisotopic (exact) mass is 364 g/mol. The lowest BCUT2D eigenvalue weighted by Gasteiger charge is -2.30. The van der Waals surface area contributed by atoms with Crippen LogP contribution < -0.4 is 0 Å². The molecule has 0 bridgehead atoms. The van der Waals surface area contributed by atoms with Crippen LogP contribution in [0.15, 0.2) is 12.4 Å². The summed E-state index contributed by atoms with van der Waals surface area (Å²) in [6.45, 7) is 5.84. The lowest BCUT2D eigenvalue weighted by atomic mass is 10.1. The summed E-state index contributed by atoms with van der Waals surface area (Å²) in [4.78, 5) is 5.02. The van der Waals surface area contributed by atoms with E-state index in [1.165, 1.54) is 116 Å². The SMILES string of the molecule is CCCCCCCCCCCN1C=CN(C)C1CCCCCCCCC. The van der Waals surface area contributed by atoms with Gasteiger partial charge < -0.3 is 9.80 Å². The van der Waals surface area contributed by atoms with E-state index in [9.17, 15) is 0 Å². The molecule has 0 amide bonds. The van der Waals surface area contributed by atoms with Crippen LogP contribution in [-0.2, 0) is 0 Å². The molecular weight excluding hydrogens is 316 g/mol. The van der Waals surface area contributed by atoms with Gasteiger partial charge in [-0.15, -0.1) is 0 Å². The first kappa shape index (κ1) is 23.4. The normalized spacial score (nSPS) is 16.8. The van der Waals surface area contributed by atoms with E-state index in [0.717, 1.165) is 0 Å². The van der Waals surface area contributed by atoms with Gasteiger partial charge in [0.2, 0.25) is 0 Å². The molecule has 0 spiro atoms. The summed E-state index contributed by atoms with van der Waals surface area (Å²) in [6.07, 6.45) is 29.2. The van der Waals surface area contributed by atoms with E-state index in [4.69, 9.17) is 0 Å².